The van der Waals surface area contributed by atoms with Gasteiger partial charge in [0.05, 0.1) is 4.90 Å². The van der Waals surface area contributed by atoms with Gasteiger partial charge in [0.1, 0.15) is 0 Å². The van der Waals surface area contributed by atoms with E-state index < -0.39 is 10.0 Å². The van der Waals surface area contributed by atoms with E-state index in [0.717, 1.165) is 24.0 Å². The zero-order valence-electron chi connectivity index (χ0n) is 9.98. The number of nitrogens with zero attached hydrogens (tertiary/aromatic N) is 1. The number of alkyl halides is 1. The van der Waals surface area contributed by atoms with Gasteiger partial charge in [0.25, 0.3) is 0 Å². The second-order valence-corrected chi connectivity index (χ2v) is 6.72. The van der Waals surface area contributed by atoms with E-state index in [-0.39, 0.29) is 6.04 Å². The van der Waals surface area contributed by atoms with Crippen molar-refractivity contribution < 1.29 is 8.42 Å². The Morgan fingerprint density at radius 2 is 2.06 bits per heavy atom. The standard InChI is InChI=1S/C12H16ClNO2S/c1-9-3-4-10(8-13)7-12(9)17(15,16)14(2)11-5-6-11/h3-4,7,11H,5-6,8H2,1-2H3. The molecule has 0 heterocycles. The van der Waals surface area contributed by atoms with E-state index in [2.05, 4.69) is 0 Å². The van der Waals surface area contributed by atoms with Crippen molar-refractivity contribution in [2.24, 2.45) is 0 Å². The van der Waals surface area contributed by atoms with Crippen LogP contribution in [-0.2, 0) is 15.9 Å². The summed E-state index contributed by atoms with van der Waals surface area (Å²) in [5.41, 5.74) is 1.60. The minimum atomic E-state index is -3.36. The van der Waals surface area contributed by atoms with Gasteiger partial charge in [-0.15, -0.1) is 11.6 Å². The second kappa shape index (κ2) is 4.59. The average Bonchev–Trinajstić information content (AvgIpc) is 3.12. The quantitative estimate of drug-likeness (QED) is 0.791. The van der Waals surface area contributed by atoms with Gasteiger partial charge in [-0.3, -0.25) is 0 Å². The van der Waals surface area contributed by atoms with Crippen LogP contribution in [0.15, 0.2) is 23.1 Å². The molecule has 0 spiro atoms. The average molecular weight is 274 g/mol. The van der Waals surface area contributed by atoms with Crippen molar-refractivity contribution in [3.63, 3.8) is 0 Å². The normalized spacial score (nSPS) is 16.5. The Kier molecular flexibility index (Phi) is 3.48. The summed E-state index contributed by atoms with van der Waals surface area (Å²) in [4.78, 5) is 0.380. The molecule has 5 heteroatoms. The van der Waals surface area contributed by atoms with Crippen molar-refractivity contribution in [2.75, 3.05) is 7.05 Å². The first-order valence-electron chi connectivity index (χ1n) is 5.60. The lowest BCUT2D eigenvalue weighted by Crippen LogP contribution is -2.29. The molecule has 3 nitrogen and oxygen atoms in total. The summed E-state index contributed by atoms with van der Waals surface area (Å²) in [5.74, 6) is 0.329. The zero-order valence-corrected chi connectivity index (χ0v) is 11.6. The molecule has 2 rings (SSSR count). The summed E-state index contributed by atoms with van der Waals surface area (Å²) in [5, 5.41) is 0. The number of hydrogen-bond acceptors (Lipinski definition) is 2. The summed E-state index contributed by atoms with van der Waals surface area (Å²) >= 11 is 5.75. The maximum Gasteiger partial charge on any atom is 0.243 e. The highest BCUT2D eigenvalue weighted by Crippen LogP contribution is 2.31. The van der Waals surface area contributed by atoms with Gasteiger partial charge >= 0.3 is 0 Å². The number of sulfonamides is 1. The van der Waals surface area contributed by atoms with E-state index >= 15 is 0 Å². The Bertz CT molecular complexity index is 523. The fourth-order valence-electron chi connectivity index (χ4n) is 1.80. The molecule has 0 atom stereocenters. The summed E-state index contributed by atoms with van der Waals surface area (Å²) in [7, 11) is -1.71. The van der Waals surface area contributed by atoms with Gasteiger partial charge in [0, 0.05) is 19.0 Å². The number of rotatable bonds is 4. The lowest BCUT2D eigenvalue weighted by atomic mass is 10.2. The summed E-state index contributed by atoms with van der Waals surface area (Å²) < 4.78 is 26.3. The predicted octanol–water partition coefficient (Wildman–Crippen LogP) is 2.52. The molecule has 17 heavy (non-hydrogen) atoms. The summed E-state index contributed by atoms with van der Waals surface area (Å²) in [6.45, 7) is 1.81. The van der Waals surface area contributed by atoms with Crippen LogP contribution in [0.25, 0.3) is 0 Å². The minimum Gasteiger partial charge on any atom is -0.207 e. The molecular weight excluding hydrogens is 258 g/mol. The van der Waals surface area contributed by atoms with Crippen LogP contribution < -0.4 is 0 Å². The Morgan fingerprint density at radius 1 is 1.41 bits per heavy atom. The third-order valence-corrected chi connectivity index (χ3v) is 5.49. The van der Waals surface area contributed by atoms with Crippen molar-refractivity contribution >= 4 is 21.6 Å². The van der Waals surface area contributed by atoms with E-state index in [9.17, 15) is 8.42 Å². The lowest BCUT2D eigenvalue weighted by Gasteiger charge is -2.18. The third-order valence-electron chi connectivity index (χ3n) is 3.12. The van der Waals surface area contributed by atoms with Crippen LogP contribution in [0.3, 0.4) is 0 Å². The van der Waals surface area contributed by atoms with Crippen LogP contribution >= 0.6 is 11.6 Å². The summed E-state index contributed by atoms with van der Waals surface area (Å²) in [6.07, 6.45) is 1.92. The number of aryl methyl sites for hydroxylation is 1. The molecule has 0 bridgehead atoms. The molecule has 0 N–H and O–H groups in total. The number of halogens is 1. The van der Waals surface area contributed by atoms with Crippen LogP contribution in [0.4, 0.5) is 0 Å². The number of benzene rings is 1. The monoisotopic (exact) mass is 273 g/mol. The van der Waals surface area contributed by atoms with Crippen LogP contribution in [0.2, 0.25) is 0 Å². The molecule has 0 saturated heterocycles. The molecule has 1 aliphatic carbocycles. The van der Waals surface area contributed by atoms with E-state index in [0.29, 0.717) is 10.8 Å². The first-order chi connectivity index (χ1) is 7.96. The SMILES string of the molecule is Cc1ccc(CCl)cc1S(=O)(=O)N(C)C1CC1. The smallest absolute Gasteiger partial charge is 0.207 e. The van der Waals surface area contributed by atoms with Gasteiger partial charge in [-0.05, 0) is 37.0 Å². The Morgan fingerprint density at radius 3 is 2.59 bits per heavy atom. The molecule has 1 saturated carbocycles. The van der Waals surface area contributed by atoms with Crippen molar-refractivity contribution in [3.8, 4) is 0 Å². The predicted molar refractivity (Wildman–Crippen MR) is 68.7 cm³/mol. The largest absolute Gasteiger partial charge is 0.243 e. The van der Waals surface area contributed by atoms with Crippen LogP contribution in [0, 0.1) is 6.92 Å². The maximum atomic E-state index is 12.4. The van der Waals surface area contributed by atoms with E-state index in [1.165, 1.54) is 4.31 Å². The molecule has 0 unspecified atom stereocenters. The van der Waals surface area contributed by atoms with E-state index in [4.69, 9.17) is 11.6 Å². The van der Waals surface area contributed by atoms with Crippen molar-refractivity contribution in [2.45, 2.75) is 36.6 Å². The zero-order chi connectivity index (χ0) is 12.6. The van der Waals surface area contributed by atoms with Crippen LogP contribution in [0.5, 0.6) is 0 Å². The molecule has 1 aromatic carbocycles. The molecular formula is C12H16ClNO2S. The maximum absolute atomic E-state index is 12.4. The van der Waals surface area contributed by atoms with Gasteiger partial charge in [-0.1, -0.05) is 12.1 Å². The van der Waals surface area contributed by atoms with Crippen molar-refractivity contribution in [1.82, 2.24) is 4.31 Å². The molecule has 0 aliphatic heterocycles. The Balaban J connectivity index is 2.44. The van der Waals surface area contributed by atoms with E-state index in [1.807, 2.05) is 19.1 Å². The highest BCUT2D eigenvalue weighted by atomic mass is 35.5. The van der Waals surface area contributed by atoms with Gasteiger partial charge in [0.15, 0.2) is 0 Å². The van der Waals surface area contributed by atoms with Crippen molar-refractivity contribution in [1.29, 1.82) is 0 Å². The lowest BCUT2D eigenvalue weighted by molar-refractivity contribution is 0.464. The fraction of sp³-hybridized carbons (Fsp3) is 0.500. The second-order valence-electron chi connectivity index (χ2n) is 4.49. The first kappa shape index (κ1) is 12.9. The van der Waals surface area contributed by atoms with E-state index in [1.54, 1.807) is 13.1 Å². The highest BCUT2D eigenvalue weighted by molar-refractivity contribution is 7.89. The third kappa shape index (κ3) is 2.49. The first-order valence-corrected chi connectivity index (χ1v) is 7.58. The molecule has 0 aromatic heterocycles. The van der Waals surface area contributed by atoms with Gasteiger partial charge < -0.3 is 0 Å². The highest BCUT2D eigenvalue weighted by Gasteiger charge is 2.35. The Hall–Kier alpha value is -0.580. The topological polar surface area (TPSA) is 37.4 Å². The number of hydrogen-bond donors (Lipinski definition) is 0. The molecule has 1 aromatic rings. The molecule has 0 radical (unpaired) electrons. The minimum absolute atomic E-state index is 0.180. The molecule has 1 fully saturated rings. The molecule has 1 aliphatic rings. The molecule has 94 valence electrons. The van der Waals surface area contributed by atoms with Gasteiger partial charge in [-0.2, -0.15) is 4.31 Å². The fourth-order valence-corrected chi connectivity index (χ4v) is 3.65. The van der Waals surface area contributed by atoms with Crippen LogP contribution in [-0.4, -0.2) is 25.8 Å². The van der Waals surface area contributed by atoms with Gasteiger partial charge in [0.2, 0.25) is 10.0 Å². The Labute approximate surface area is 107 Å². The van der Waals surface area contributed by atoms with Gasteiger partial charge in [-0.25, -0.2) is 8.42 Å². The van der Waals surface area contributed by atoms with Crippen LogP contribution in [0.1, 0.15) is 24.0 Å². The summed E-state index contributed by atoms with van der Waals surface area (Å²) in [6, 6.07) is 5.53. The molecule has 0 amide bonds. The van der Waals surface area contributed by atoms with Crippen molar-refractivity contribution in [3.05, 3.63) is 29.3 Å².